The van der Waals surface area contributed by atoms with Crippen LogP contribution in [0.3, 0.4) is 0 Å². The number of hydrogen-bond donors (Lipinski definition) is 2. The van der Waals surface area contributed by atoms with E-state index in [4.69, 9.17) is 4.52 Å². The summed E-state index contributed by atoms with van der Waals surface area (Å²) in [5.74, 6) is 3.19. The fraction of sp³-hybridized carbons (Fsp3) is 0.625. The first-order valence-corrected chi connectivity index (χ1v) is 8.38. The van der Waals surface area contributed by atoms with E-state index in [1.165, 1.54) is 18.5 Å². The van der Waals surface area contributed by atoms with Crippen molar-refractivity contribution in [2.75, 3.05) is 5.32 Å². The first-order valence-electron chi connectivity index (χ1n) is 8.38. The third kappa shape index (κ3) is 3.28. The Balaban J connectivity index is 1.25. The zero-order valence-electron chi connectivity index (χ0n) is 13.3. The number of nitrogens with one attached hydrogen (secondary N) is 2. The van der Waals surface area contributed by atoms with Crippen LogP contribution in [0.5, 0.6) is 0 Å². The van der Waals surface area contributed by atoms with Gasteiger partial charge in [0.05, 0.1) is 0 Å². The van der Waals surface area contributed by atoms with Gasteiger partial charge in [0.15, 0.2) is 11.6 Å². The van der Waals surface area contributed by atoms with Gasteiger partial charge in [0.25, 0.3) is 0 Å². The van der Waals surface area contributed by atoms with Crippen LogP contribution in [0.4, 0.5) is 5.82 Å². The number of carbonyl (C=O) groups excluding carboxylic acids is 1. The highest BCUT2D eigenvalue weighted by molar-refractivity contribution is 5.90. The molecule has 23 heavy (non-hydrogen) atoms. The average Bonchev–Trinajstić information content (AvgIpc) is 3.46. The number of H-pyrrole nitrogens is 1. The molecular formula is C16H21N5O2. The monoisotopic (exact) mass is 315 g/mol. The molecule has 7 heteroatoms. The molecule has 2 aliphatic rings. The van der Waals surface area contributed by atoms with Gasteiger partial charge in [-0.25, -0.2) is 0 Å². The fourth-order valence-electron chi connectivity index (χ4n) is 2.77. The van der Waals surface area contributed by atoms with E-state index in [9.17, 15) is 4.79 Å². The summed E-state index contributed by atoms with van der Waals surface area (Å²) in [5, 5.41) is 14.1. The van der Waals surface area contributed by atoms with Gasteiger partial charge in [0.1, 0.15) is 0 Å². The van der Waals surface area contributed by atoms with Gasteiger partial charge >= 0.3 is 0 Å². The van der Waals surface area contributed by atoms with Crippen LogP contribution in [-0.4, -0.2) is 26.2 Å². The third-order valence-electron chi connectivity index (χ3n) is 4.51. The molecule has 0 spiro atoms. The van der Waals surface area contributed by atoms with E-state index in [2.05, 4.69) is 25.7 Å². The van der Waals surface area contributed by atoms with E-state index in [-0.39, 0.29) is 5.91 Å². The van der Waals surface area contributed by atoms with Crippen molar-refractivity contribution < 1.29 is 9.32 Å². The number of aryl methyl sites for hydroxylation is 1. The summed E-state index contributed by atoms with van der Waals surface area (Å²) in [5.41, 5.74) is 2.23. The lowest BCUT2D eigenvalue weighted by Crippen LogP contribution is -2.12. The number of aromatic nitrogens is 4. The van der Waals surface area contributed by atoms with E-state index in [1.807, 2.05) is 6.92 Å². The second-order valence-electron chi connectivity index (χ2n) is 6.61. The lowest BCUT2D eigenvalue weighted by molar-refractivity contribution is -0.116. The molecule has 0 saturated heterocycles. The molecule has 7 nitrogen and oxygen atoms in total. The van der Waals surface area contributed by atoms with Crippen molar-refractivity contribution in [2.24, 2.45) is 0 Å². The summed E-state index contributed by atoms with van der Waals surface area (Å²) in [4.78, 5) is 16.4. The van der Waals surface area contributed by atoms with Crippen LogP contribution in [-0.2, 0) is 11.2 Å². The Kier molecular flexibility index (Phi) is 3.63. The van der Waals surface area contributed by atoms with Crippen LogP contribution in [0.15, 0.2) is 4.52 Å². The van der Waals surface area contributed by atoms with Gasteiger partial charge in [0, 0.05) is 35.9 Å². The Hall–Kier alpha value is -2.18. The quantitative estimate of drug-likeness (QED) is 0.819. The summed E-state index contributed by atoms with van der Waals surface area (Å²) >= 11 is 0. The molecule has 2 aliphatic carbocycles. The van der Waals surface area contributed by atoms with Crippen LogP contribution in [0.1, 0.15) is 73.3 Å². The van der Waals surface area contributed by atoms with Crippen molar-refractivity contribution in [3.8, 4) is 0 Å². The number of nitrogens with zero attached hydrogens (tertiary/aromatic N) is 3. The van der Waals surface area contributed by atoms with Crippen molar-refractivity contribution in [3.63, 3.8) is 0 Å². The summed E-state index contributed by atoms with van der Waals surface area (Å²) < 4.78 is 5.21. The molecule has 0 atom stereocenters. The van der Waals surface area contributed by atoms with Crippen LogP contribution >= 0.6 is 0 Å². The first-order chi connectivity index (χ1) is 11.2. The number of rotatable bonds is 7. The zero-order chi connectivity index (χ0) is 15.8. The van der Waals surface area contributed by atoms with Crippen LogP contribution < -0.4 is 5.32 Å². The molecule has 2 aromatic rings. The molecule has 0 bridgehead atoms. The molecule has 2 aromatic heterocycles. The Morgan fingerprint density at radius 3 is 2.83 bits per heavy atom. The van der Waals surface area contributed by atoms with Crippen LogP contribution in [0.25, 0.3) is 0 Å². The predicted octanol–water partition coefficient (Wildman–Crippen LogP) is 2.82. The Bertz CT molecular complexity index is 712. The van der Waals surface area contributed by atoms with Gasteiger partial charge in [-0.3, -0.25) is 9.89 Å². The van der Waals surface area contributed by atoms with Gasteiger partial charge in [-0.15, -0.1) is 0 Å². The maximum absolute atomic E-state index is 12.0. The molecule has 2 saturated carbocycles. The van der Waals surface area contributed by atoms with Crippen molar-refractivity contribution in [1.82, 2.24) is 20.3 Å². The minimum absolute atomic E-state index is 0.0242. The molecule has 2 heterocycles. The largest absolute Gasteiger partial charge is 0.339 e. The second-order valence-corrected chi connectivity index (χ2v) is 6.61. The summed E-state index contributed by atoms with van der Waals surface area (Å²) in [6.07, 6.45) is 6.50. The second kappa shape index (κ2) is 5.79. The van der Waals surface area contributed by atoms with Crippen LogP contribution in [0, 0.1) is 6.92 Å². The molecule has 122 valence electrons. The summed E-state index contributed by atoms with van der Waals surface area (Å²) in [6, 6.07) is 0. The molecule has 2 fully saturated rings. The van der Waals surface area contributed by atoms with Crippen molar-refractivity contribution in [1.29, 1.82) is 0 Å². The highest BCUT2D eigenvalue weighted by atomic mass is 16.5. The maximum Gasteiger partial charge on any atom is 0.226 e. The Labute approximate surface area is 134 Å². The van der Waals surface area contributed by atoms with Crippen molar-refractivity contribution >= 4 is 11.7 Å². The molecule has 0 unspecified atom stereocenters. The SMILES string of the molecule is Cc1c(NC(=O)CCCc2nc(C3CC3)no2)n[nH]c1C1CC1. The molecule has 4 rings (SSSR count). The van der Waals surface area contributed by atoms with Gasteiger partial charge < -0.3 is 9.84 Å². The highest BCUT2D eigenvalue weighted by Crippen LogP contribution is 2.41. The lowest BCUT2D eigenvalue weighted by atomic mass is 10.2. The van der Waals surface area contributed by atoms with E-state index in [1.54, 1.807) is 0 Å². The number of carbonyl (C=O) groups is 1. The van der Waals surface area contributed by atoms with E-state index < -0.39 is 0 Å². The average molecular weight is 315 g/mol. The van der Waals surface area contributed by atoms with Crippen molar-refractivity contribution in [3.05, 3.63) is 23.0 Å². The van der Waals surface area contributed by atoms with E-state index in [0.29, 0.717) is 42.8 Å². The molecule has 2 N–H and O–H groups in total. The van der Waals surface area contributed by atoms with Crippen molar-refractivity contribution in [2.45, 2.75) is 63.7 Å². The third-order valence-corrected chi connectivity index (χ3v) is 4.51. The Morgan fingerprint density at radius 2 is 2.09 bits per heavy atom. The number of hydrogen-bond acceptors (Lipinski definition) is 5. The minimum Gasteiger partial charge on any atom is -0.339 e. The highest BCUT2D eigenvalue weighted by Gasteiger charge is 2.29. The molecule has 0 aliphatic heterocycles. The van der Waals surface area contributed by atoms with E-state index >= 15 is 0 Å². The molecule has 1 amide bonds. The number of anilines is 1. The van der Waals surface area contributed by atoms with Gasteiger partial charge in [-0.2, -0.15) is 10.1 Å². The van der Waals surface area contributed by atoms with Crippen LogP contribution in [0.2, 0.25) is 0 Å². The maximum atomic E-state index is 12.0. The smallest absolute Gasteiger partial charge is 0.226 e. The standard InChI is InChI=1S/C16H21N5O2/c1-9-14(10-5-6-10)19-20-15(9)17-12(22)3-2-4-13-18-16(21-23-13)11-7-8-11/h10-11H,2-8H2,1H3,(H2,17,19,20,22). The number of aromatic amines is 1. The number of amides is 1. The minimum atomic E-state index is -0.0242. The van der Waals surface area contributed by atoms with E-state index in [0.717, 1.165) is 24.2 Å². The molecule has 0 radical (unpaired) electrons. The molecule has 0 aromatic carbocycles. The first kappa shape index (κ1) is 14.4. The normalized spacial score (nSPS) is 17.4. The summed E-state index contributed by atoms with van der Waals surface area (Å²) in [7, 11) is 0. The van der Waals surface area contributed by atoms with Gasteiger partial charge in [-0.1, -0.05) is 5.16 Å². The topological polar surface area (TPSA) is 96.7 Å². The Morgan fingerprint density at radius 1 is 1.30 bits per heavy atom. The van der Waals surface area contributed by atoms with Gasteiger partial charge in [-0.05, 0) is 39.0 Å². The lowest BCUT2D eigenvalue weighted by Gasteiger charge is -2.02. The molecular weight excluding hydrogens is 294 g/mol. The fourth-order valence-corrected chi connectivity index (χ4v) is 2.77. The zero-order valence-corrected chi connectivity index (χ0v) is 13.3. The summed E-state index contributed by atoms with van der Waals surface area (Å²) in [6.45, 7) is 2.00. The van der Waals surface area contributed by atoms with Gasteiger partial charge in [0.2, 0.25) is 11.8 Å². The predicted molar refractivity (Wildman–Crippen MR) is 83.1 cm³/mol.